The summed E-state index contributed by atoms with van der Waals surface area (Å²) in [5.41, 5.74) is 0.0326. The summed E-state index contributed by atoms with van der Waals surface area (Å²) in [6.07, 6.45) is 2.76. The van der Waals surface area contributed by atoms with Crippen LogP contribution in [0.1, 0.15) is 17.3 Å². The summed E-state index contributed by atoms with van der Waals surface area (Å²) in [4.78, 5) is 27.7. The summed E-state index contributed by atoms with van der Waals surface area (Å²) in [6, 6.07) is 2.83. The zero-order valence-electron chi connectivity index (χ0n) is 19.1. The van der Waals surface area contributed by atoms with Crippen LogP contribution in [0.3, 0.4) is 0 Å². The van der Waals surface area contributed by atoms with Crippen LogP contribution in [0, 0.1) is 5.82 Å². The van der Waals surface area contributed by atoms with Crippen molar-refractivity contribution in [2.75, 3.05) is 50.6 Å². The molecule has 192 valence electrons. The first-order chi connectivity index (χ1) is 15.4. The van der Waals surface area contributed by atoms with Crippen molar-refractivity contribution in [1.82, 2.24) is 9.47 Å². The van der Waals surface area contributed by atoms with E-state index in [-0.39, 0.29) is 10.9 Å². The molecule has 2 heterocycles. The molecule has 1 fully saturated rings. The molecule has 1 aliphatic rings. The molecule has 0 radical (unpaired) electrons. The van der Waals surface area contributed by atoms with E-state index in [1.165, 1.54) is 12.3 Å². The Bertz CT molecular complexity index is 1250. The molecule has 3 N–H and O–H groups in total. The molecule has 34 heavy (non-hydrogen) atoms. The van der Waals surface area contributed by atoms with Gasteiger partial charge in [-0.2, -0.15) is 16.8 Å². The summed E-state index contributed by atoms with van der Waals surface area (Å²) < 4.78 is 68.0. The molecule has 0 aliphatic carbocycles. The first kappa shape index (κ1) is 29.4. The molecule has 0 atom stereocenters. The maximum atomic E-state index is 14.6. The Morgan fingerprint density at radius 3 is 1.91 bits per heavy atom. The normalized spacial score (nSPS) is 14.6. The van der Waals surface area contributed by atoms with Gasteiger partial charge in [-0.05, 0) is 26.1 Å². The second-order valence-corrected chi connectivity index (χ2v) is 10.5. The van der Waals surface area contributed by atoms with Crippen LogP contribution in [-0.4, -0.2) is 92.2 Å². The van der Waals surface area contributed by atoms with Crippen LogP contribution in [0.25, 0.3) is 10.9 Å². The van der Waals surface area contributed by atoms with Gasteiger partial charge in [0, 0.05) is 44.3 Å². The summed E-state index contributed by atoms with van der Waals surface area (Å²) in [5, 5.41) is 9.28. The molecular formula is C19H28FN3O9S2. The van der Waals surface area contributed by atoms with Gasteiger partial charge in [0.1, 0.15) is 11.4 Å². The number of hydrogen-bond donors (Lipinski definition) is 3. The van der Waals surface area contributed by atoms with Crippen molar-refractivity contribution in [2.45, 2.75) is 13.5 Å². The predicted octanol–water partition coefficient (Wildman–Crippen LogP) is 0.619. The first-order valence-electron chi connectivity index (χ1n) is 9.80. The highest BCUT2D eigenvalue weighted by Crippen LogP contribution is 2.26. The van der Waals surface area contributed by atoms with E-state index in [9.17, 15) is 35.9 Å². The van der Waals surface area contributed by atoms with Gasteiger partial charge in [0.25, 0.3) is 20.2 Å². The van der Waals surface area contributed by atoms with Crippen molar-refractivity contribution >= 4 is 42.8 Å². The number of hydrogen-bond acceptors (Lipinski definition) is 8. The SMILES string of the molecule is CCn1cc(C(=O)O)c(=O)c2cc(F)c(N3CCN(C)CC3)cc21.CS(=O)(=O)O.CS(=O)(=O)O. The van der Waals surface area contributed by atoms with Crippen LogP contribution in [0.2, 0.25) is 0 Å². The highest BCUT2D eigenvalue weighted by atomic mass is 32.2. The largest absolute Gasteiger partial charge is 0.477 e. The minimum atomic E-state index is -3.67. The van der Waals surface area contributed by atoms with E-state index in [0.29, 0.717) is 43.3 Å². The number of nitrogens with zero attached hydrogens (tertiary/aromatic N) is 3. The fourth-order valence-electron chi connectivity index (χ4n) is 3.10. The molecule has 0 bridgehead atoms. The van der Waals surface area contributed by atoms with Crippen LogP contribution in [0.15, 0.2) is 23.1 Å². The van der Waals surface area contributed by atoms with Crippen molar-refractivity contribution in [3.05, 3.63) is 39.9 Å². The summed E-state index contributed by atoms with van der Waals surface area (Å²) in [7, 11) is -5.31. The van der Waals surface area contributed by atoms with Gasteiger partial charge < -0.3 is 19.5 Å². The number of carboxylic acid groups (broad SMARTS) is 1. The van der Waals surface area contributed by atoms with E-state index < -0.39 is 37.5 Å². The lowest BCUT2D eigenvalue weighted by Crippen LogP contribution is -2.44. The predicted molar refractivity (Wildman–Crippen MR) is 125 cm³/mol. The van der Waals surface area contributed by atoms with Crippen LogP contribution < -0.4 is 10.3 Å². The van der Waals surface area contributed by atoms with E-state index >= 15 is 0 Å². The number of carbonyl (C=O) groups is 1. The lowest BCUT2D eigenvalue weighted by atomic mass is 10.1. The molecule has 15 heteroatoms. The number of pyridine rings is 1. The number of carboxylic acids is 1. The van der Waals surface area contributed by atoms with Gasteiger partial charge in [-0.25, -0.2) is 9.18 Å². The van der Waals surface area contributed by atoms with Gasteiger partial charge in [0.2, 0.25) is 5.43 Å². The number of rotatable bonds is 3. The quantitative estimate of drug-likeness (QED) is 0.479. The maximum Gasteiger partial charge on any atom is 0.341 e. The number of likely N-dealkylation sites (N-methyl/N-ethyl adjacent to an activating group) is 1. The van der Waals surface area contributed by atoms with Crippen LogP contribution in [0.5, 0.6) is 0 Å². The number of benzene rings is 1. The molecule has 2 aromatic rings. The smallest absolute Gasteiger partial charge is 0.341 e. The van der Waals surface area contributed by atoms with Crippen LogP contribution >= 0.6 is 0 Å². The van der Waals surface area contributed by atoms with Crippen LogP contribution in [0.4, 0.5) is 10.1 Å². The summed E-state index contributed by atoms with van der Waals surface area (Å²) >= 11 is 0. The molecule has 1 aromatic heterocycles. The summed E-state index contributed by atoms with van der Waals surface area (Å²) in [5.74, 6) is -1.79. The van der Waals surface area contributed by atoms with Gasteiger partial charge in [0.05, 0.1) is 23.7 Å². The topological polar surface area (TPSA) is 175 Å². The zero-order valence-corrected chi connectivity index (χ0v) is 20.7. The second-order valence-electron chi connectivity index (χ2n) is 7.54. The molecule has 1 aliphatic heterocycles. The van der Waals surface area contributed by atoms with E-state index in [4.69, 9.17) is 9.11 Å². The number of anilines is 1. The van der Waals surface area contributed by atoms with Gasteiger partial charge in [-0.3, -0.25) is 13.9 Å². The molecule has 0 unspecified atom stereocenters. The van der Waals surface area contributed by atoms with Gasteiger partial charge >= 0.3 is 5.97 Å². The maximum absolute atomic E-state index is 14.6. The van der Waals surface area contributed by atoms with Crippen molar-refractivity contribution in [2.24, 2.45) is 0 Å². The Morgan fingerprint density at radius 2 is 1.50 bits per heavy atom. The lowest BCUT2D eigenvalue weighted by Gasteiger charge is -2.34. The van der Waals surface area contributed by atoms with Gasteiger partial charge in [-0.15, -0.1) is 0 Å². The van der Waals surface area contributed by atoms with E-state index in [1.807, 2.05) is 18.9 Å². The Balaban J connectivity index is 0.000000489. The molecule has 12 nitrogen and oxygen atoms in total. The third-order valence-electron chi connectivity index (χ3n) is 4.56. The highest BCUT2D eigenvalue weighted by Gasteiger charge is 2.21. The molecule has 0 saturated carbocycles. The highest BCUT2D eigenvalue weighted by molar-refractivity contribution is 7.85. The Hall–Kier alpha value is -2.59. The molecule has 1 aromatic carbocycles. The number of piperazine rings is 1. The number of fused-ring (bicyclic) bond motifs is 1. The minimum Gasteiger partial charge on any atom is -0.477 e. The van der Waals surface area contributed by atoms with E-state index in [2.05, 4.69) is 4.90 Å². The molecule has 0 amide bonds. The second kappa shape index (κ2) is 11.7. The number of aromatic carboxylic acids is 1. The van der Waals surface area contributed by atoms with Crippen LogP contribution in [-0.2, 0) is 26.8 Å². The van der Waals surface area contributed by atoms with Crippen molar-refractivity contribution in [1.29, 1.82) is 0 Å². The van der Waals surface area contributed by atoms with Gasteiger partial charge in [-0.1, -0.05) is 0 Å². The number of halogens is 1. The average molecular weight is 526 g/mol. The molecule has 3 rings (SSSR count). The number of aromatic nitrogens is 1. The monoisotopic (exact) mass is 525 g/mol. The minimum absolute atomic E-state index is 0.104. The van der Waals surface area contributed by atoms with Gasteiger partial charge in [0.15, 0.2) is 0 Å². The Morgan fingerprint density at radius 1 is 1.03 bits per heavy atom. The Labute approximate surface area is 196 Å². The molecule has 0 spiro atoms. The molecule has 1 saturated heterocycles. The third kappa shape index (κ3) is 9.72. The lowest BCUT2D eigenvalue weighted by molar-refractivity contribution is 0.0694. The fraction of sp³-hybridized carbons (Fsp3) is 0.474. The van der Waals surface area contributed by atoms with Crippen molar-refractivity contribution < 1.29 is 40.2 Å². The third-order valence-corrected chi connectivity index (χ3v) is 4.56. The molecular weight excluding hydrogens is 497 g/mol. The van der Waals surface area contributed by atoms with Crippen molar-refractivity contribution in [3.63, 3.8) is 0 Å². The average Bonchev–Trinajstić information content (AvgIpc) is 2.66. The van der Waals surface area contributed by atoms with Crippen molar-refractivity contribution in [3.8, 4) is 0 Å². The van der Waals surface area contributed by atoms with E-state index in [1.54, 1.807) is 10.6 Å². The standard InChI is InChI=1S/C17H20FN3O3.2CH4O3S/c1-3-20-10-12(17(23)24)16(22)11-8-13(18)15(9-14(11)20)21-6-4-19(2)5-7-21;2*1-5(2,3)4/h8-10H,3-7H2,1-2H3,(H,23,24);2*1H3,(H,2,3,4). The number of aryl methyl sites for hydroxylation is 1. The fourth-order valence-corrected chi connectivity index (χ4v) is 3.10. The first-order valence-corrected chi connectivity index (χ1v) is 13.5. The Kier molecular flexibility index (Phi) is 10.1. The van der Waals surface area contributed by atoms with E-state index in [0.717, 1.165) is 13.1 Å². The summed E-state index contributed by atoms with van der Waals surface area (Å²) in [6.45, 7) is 5.45. The zero-order chi connectivity index (χ0) is 26.4.